The summed E-state index contributed by atoms with van der Waals surface area (Å²) in [5.41, 5.74) is 6.65. The van der Waals surface area contributed by atoms with Crippen molar-refractivity contribution in [1.82, 2.24) is 19.8 Å². The Morgan fingerprint density at radius 1 is 0.905 bits per heavy atom. The number of ether oxygens (including phenoxy) is 1. The number of nitrogens with one attached hydrogen (secondary N) is 2. The zero-order valence-corrected chi connectivity index (χ0v) is 25.0. The second-order valence-electron chi connectivity index (χ2n) is 12.4. The van der Waals surface area contributed by atoms with Crippen LogP contribution in [0.3, 0.4) is 0 Å². The van der Waals surface area contributed by atoms with Crippen molar-refractivity contribution in [1.29, 1.82) is 0 Å². The normalized spacial score (nSPS) is 16.3. The number of aromatic nitrogens is 2. The Kier molecular flexibility index (Phi) is 8.07. The predicted molar refractivity (Wildman–Crippen MR) is 171 cm³/mol. The third-order valence-electron chi connectivity index (χ3n) is 8.40. The van der Waals surface area contributed by atoms with Crippen molar-refractivity contribution in [3.8, 4) is 17.1 Å². The maximum Gasteiger partial charge on any atom is 0.321 e. The molecule has 2 aliphatic heterocycles. The molecule has 2 aliphatic rings. The molecule has 0 radical (unpaired) electrons. The first-order valence-electron chi connectivity index (χ1n) is 15.2. The highest BCUT2D eigenvalue weighted by Crippen LogP contribution is 2.30. The summed E-state index contributed by atoms with van der Waals surface area (Å²) in [6.07, 6.45) is 2.17. The number of hydrogen-bond acceptors (Lipinski definition) is 5. The summed E-state index contributed by atoms with van der Waals surface area (Å²) in [6, 6.07) is 22.8. The Balaban J connectivity index is 0.999. The average Bonchev–Trinajstić information content (AvgIpc) is 3.69. The van der Waals surface area contributed by atoms with Crippen molar-refractivity contribution in [3.05, 3.63) is 72.3 Å². The van der Waals surface area contributed by atoms with Crippen molar-refractivity contribution >= 4 is 28.4 Å². The molecule has 2 saturated heterocycles. The van der Waals surface area contributed by atoms with E-state index < -0.39 is 0 Å². The van der Waals surface area contributed by atoms with Gasteiger partial charge in [-0.15, -0.1) is 0 Å². The zero-order chi connectivity index (χ0) is 29.1. The fourth-order valence-electron chi connectivity index (χ4n) is 5.80. The number of nitrogens with zero attached hydrogens (tertiary/aromatic N) is 4. The summed E-state index contributed by atoms with van der Waals surface area (Å²) in [5, 5.41) is 2.98. The number of imidazole rings is 1. The summed E-state index contributed by atoms with van der Waals surface area (Å²) in [7, 11) is 0. The van der Waals surface area contributed by atoms with E-state index in [1.54, 1.807) is 0 Å². The Labute approximate surface area is 248 Å². The fraction of sp³-hybridized carbons (Fsp3) is 0.412. The van der Waals surface area contributed by atoms with Gasteiger partial charge in [-0.05, 0) is 60.2 Å². The molecule has 8 heteroatoms. The monoisotopic (exact) mass is 566 g/mol. The molecular weight excluding hydrogens is 524 g/mol. The van der Waals surface area contributed by atoms with Crippen LogP contribution in [0.1, 0.15) is 39.2 Å². The molecule has 2 fully saturated rings. The number of fused-ring (bicyclic) bond motifs is 1. The molecule has 3 heterocycles. The molecule has 8 nitrogen and oxygen atoms in total. The van der Waals surface area contributed by atoms with Crippen LogP contribution in [-0.2, 0) is 5.41 Å². The molecule has 0 saturated carbocycles. The first-order valence-corrected chi connectivity index (χ1v) is 15.2. The first-order chi connectivity index (χ1) is 20.3. The number of para-hydroxylation sites is 1. The highest BCUT2D eigenvalue weighted by Gasteiger charge is 2.21. The van der Waals surface area contributed by atoms with Gasteiger partial charge in [-0.2, -0.15) is 0 Å². The lowest BCUT2D eigenvalue weighted by Crippen LogP contribution is -2.47. The number of benzene rings is 3. The van der Waals surface area contributed by atoms with Crippen molar-refractivity contribution in [2.45, 2.75) is 39.0 Å². The van der Waals surface area contributed by atoms with Gasteiger partial charge in [0.25, 0.3) is 0 Å². The highest BCUT2D eigenvalue weighted by atomic mass is 16.5. The molecule has 220 valence electrons. The molecule has 0 spiro atoms. The summed E-state index contributed by atoms with van der Waals surface area (Å²) in [5.74, 6) is 1.73. The van der Waals surface area contributed by atoms with Crippen LogP contribution >= 0.6 is 0 Å². The van der Waals surface area contributed by atoms with Crippen LogP contribution in [0, 0.1) is 0 Å². The van der Waals surface area contributed by atoms with E-state index in [1.165, 1.54) is 11.3 Å². The van der Waals surface area contributed by atoms with Crippen molar-refractivity contribution in [3.63, 3.8) is 0 Å². The summed E-state index contributed by atoms with van der Waals surface area (Å²) < 4.78 is 6.02. The van der Waals surface area contributed by atoms with Crippen LogP contribution in [0.2, 0.25) is 0 Å². The third-order valence-corrected chi connectivity index (χ3v) is 8.40. The van der Waals surface area contributed by atoms with Gasteiger partial charge in [0, 0.05) is 57.1 Å². The molecule has 1 aromatic heterocycles. The molecule has 42 heavy (non-hydrogen) atoms. The number of H-pyrrole nitrogens is 1. The lowest BCUT2D eigenvalue weighted by Gasteiger charge is -2.36. The Morgan fingerprint density at radius 3 is 2.31 bits per heavy atom. The largest absolute Gasteiger partial charge is 0.492 e. The molecular formula is C34H42N6O2. The number of carbonyl (C=O) groups is 1. The summed E-state index contributed by atoms with van der Waals surface area (Å²) in [6.45, 7) is 13.8. The Hall–Kier alpha value is -4.04. The molecule has 0 bridgehead atoms. The molecule has 0 atom stereocenters. The van der Waals surface area contributed by atoms with Crippen molar-refractivity contribution in [2.24, 2.45) is 0 Å². The predicted octanol–water partition coefficient (Wildman–Crippen LogP) is 6.36. The third kappa shape index (κ3) is 6.39. The van der Waals surface area contributed by atoms with Crippen molar-refractivity contribution in [2.75, 3.05) is 62.6 Å². The fourth-order valence-corrected chi connectivity index (χ4v) is 5.80. The van der Waals surface area contributed by atoms with E-state index in [-0.39, 0.29) is 11.4 Å². The Morgan fingerprint density at radius 2 is 1.62 bits per heavy atom. The number of likely N-dealkylation sites (tertiary alicyclic amines) is 1. The number of urea groups is 1. The maximum absolute atomic E-state index is 12.3. The van der Waals surface area contributed by atoms with E-state index in [0.29, 0.717) is 6.61 Å². The minimum atomic E-state index is -0.0184. The van der Waals surface area contributed by atoms with Gasteiger partial charge in [-0.3, -0.25) is 4.90 Å². The second-order valence-corrected chi connectivity index (χ2v) is 12.4. The van der Waals surface area contributed by atoms with Crippen LogP contribution in [0.5, 0.6) is 5.75 Å². The first kappa shape index (κ1) is 28.1. The lowest BCUT2D eigenvalue weighted by atomic mass is 9.87. The van der Waals surface area contributed by atoms with E-state index in [1.807, 2.05) is 29.2 Å². The maximum atomic E-state index is 12.3. The second kappa shape index (κ2) is 12.1. The van der Waals surface area contributed by atoms with Crippen LogP contribution in [-0.4, -0.2) is 78.2 Å². The number of rotatable bonds is 7. The smallest absolute Gasteiger partial charge is 0.321 e. The number of anilines is 2. The zero-order valence-electron chi connectivity index (χ0n) is 25.0. The van der Waals surface area contributed by atoms with Gasteiger partial charge in [0.05, 0.1) is 11.2 Å². The van der Waals surface area contributed by atoms with Gasteiger partial charge in [0.15, 0.2) is 0 Å². The average molecular weight is 567 g/mol. The van der Waals surface area contributed by atoms with Gasteiger partial charge in [-0.1, -0.05) is 51.1 Å². The Bertz CT molecular complexity index is 1490. The SMILES string of the molecule is CC(C)(C)c1ccc(-c2nc3c(N4CCN(CCOc5ccc(NC(=O)N6CCCC6)cc5)CC4)cccc3[nH]2)cc1. The summed E-state index contributed by atoms with van der Waals surface area (Å²) in [4.78, 5) is 27.6. The van der Waals surface area contributed by atoms with Gasteiger partial charge in [0.1, 0.15) is 23.7 Å². The number of aromatic amines is 1. The number of piperazine rings is 1. The molecule has 4 aromatic rings. The van der Waals surface area contributed by atoms with E-state index in [4.69, 9.17) is 9.72 Å². The van der Waals surface area contributed by atoms with Crippen LogP contribution < -0.4 is 15.0 Å². The molecule has 0 aliphatic carbocycles. The van der Waals surface area contributed by atoms with Crippen LogP contribution in [0.4, 0.5) is 16.2 Å². The van der Waals surface area contributed by atoms with Gasteiger partial charge in [-0.25, -0.2) is 9.78 Å². The quantitative estimate of drug-likeness (QED) is 0.272. The molecule has 3 aromatic carbocycles. The molecule has 2 amide bonds. The van der Waals surface area contributed by atoms with Gasteiger partial charge >= 0.3 is 6.03 Å². The van der Waals surface area contributed by atoms with E-state index in [2.05, 4.69) is 83.3 Å². The number of carbonyl (C=O) groups excluding carboxylic acids is 1. The standard InChI is InChI=1S/C34H42N6O2/c1-34(2,3)26-11-9-25(10-12-26)32-36-29-7-6-8-30(31(29)37-32)39-21-19-38(20-22-39)23-24-42-28-15-13-27(14-16-28)35-33(41)40-17-4-5-18-40/h6-16H,4-5,17-24H2,1-3H3,(H,35,41)(H,36,37). The minimum absolute atomic E-state index is 0.0184. The minimum Gasteiger partial charge on any atom is -0.492 e. The topological polar surface area (TPSA) is 76.7 Å². The van der Waals surface area contributed by atoms with Crippen LogP contribution in [0.25, 0.3) is 22.4 Å². The molecule has 6 rings (SSSR count). The van der Waals surface area contributed by atoms with E-state index in [0.717, 1.165) is 92.5 Å². The molecule has 2 N–H and O–H groups in total. The number of amides is 2. The lowest BCUT2D eigenvalue weighted by molar-refractivity contribution is 0.200. The number of hydrogen-bond donors (Lipinski definition) is 2. The van der Waals surface area contributed by atoms with E-state index >= 15 is 0 Å². The van der Waals surface area contributed by atoms with E-state index in [9.17, 15) is 4.79 Å². The van der Waals surface area contributed by atoms with Crippen molar-refractivity contribution < 1.29 is 9.53 Å². The van der Waals surface area contributed by atoms with Gasteiger partial charge < -0.3 is 24.8 Å². The molecule has 0 unspecified atom stereocenters. The van der Waals surface area contributed by atoms with Gasteiger partial charge in [0.2, 0.25) is 0 Å². The summed E-state index contributed by atoms with van der Waals surface area (Å²) >= 11 is 0. The van der Waals surface area contributed by atoms with Crippen LogP contribution in [0.15, 0.2) is 66.7 Å². The highest BCUT2D eigenvalue weighted by molar-refractivity contribution is 5.91.